The molecule has 2 aromatic carbocycles. The molecule has 0 fully saturated rings. The van der Waals surface area contributed by atoms with Crippen LogP contribution in [0.25, 0.3) is 0 Å². The molecule has 0 N–H and O–H groups in total. The van der Waals surface area contributed by atoms with Gasteiger partial charge < -0.3 is 4.52 Å². The van der Waals surface area contributed by atoms with E-state index in [-0.39, 0.29) is 12.3 Å². The van der Waals surface area contributed by atoms with Crippen LogP contribution in [0.5, 0.6) is 0 Å². The molecule has 23 heavy (non-hydrogen) atoms. The zero-order valence-corrected chi connectivity index (χ0v) is 15.2. The second kappa shape index (κ2) is 7.53. The van der Waals surface area contributed by atoms with Crippen molar-refractivity contribution < 1.29 is 13.9 Å². The summed E-state index contributed by atoms with van der Waals surface area (Å²) in [5.41, 5.74) is 0. The number of carbonyl (C=O) groups is 1. The Balaban J connectivity index is 2.45. The molecule has 2 rings (SSSR count). The Labute approximate surface area is 146 Å². The highest BCUT2D eigenvalue weighted by molar-refractivity contribution is 7.74. The molecule has 0 atom stereocenters. The molecule has 0 unspecified atom stereocenters. The molecule has 3 nitrogen and oxygen atoms in total. The molecule has 0 aliphatic carbocycles. The average molecular weight is 371 g/mol. The number of hydrogen-bond donors (Lipinski definition) is 0. The SMILES string of the molecule is CC(C)CC(=O)OP(=O)(c1ccc(Cl)cc1)c1ccc(Cl)cc1. The van der Waals surface area contributed by atoms with E-state index in [2.05, 4.69) is 0 Å². The highest BCUT2D eigenvalue weighted by Gasteiger charge is 2.32. The lowest BCUT2D eigenvalue weighted by atomic mass is 10.1. The van der Waals surface area contributed by atoms with E-state index in [4.69, 9.17) is 27.7 Å². The van der Waals surface area contributed by atoms with Crippen molar-refractivity contribution in [3.8, 4) is 0 Å². The molecule has 0 aromatic heterocycles. The minimum atomic E-state index is -3.54. The second-order valence-electron chi connectivity index (χ2n) is 5.57. The van der Waals surface area contributed by atoms with Crippen LogP contribution in [0.4, 0.5) is 0 Å². The maximum atomic E-state index is 13.5. The van der Waals surface area contributed by atoms with Crippen molar-refractivity contribution in [3.05, 3.63) is 58.6 Å². The van der Waals surface area contributed by atoms with E-state index in [0.717, 1.165) is 0 Å². The van der Waals surface area contributed by atoms with Crippen LogP contribution in [0, 0.1) is 5.92 Å². The summed E-state index contributed by atoms with van der Waals surface area (Å²) in [6, 6.07) is 12.9. The highest BCUT2D eigenvalue weighted by atomic mass is 35.5. The van der Waals surface area contributed by atoms with Gasteiger partial charge in [-0.05, 0) is 54.4 Å². The predicted molar refractivity (Wildman–Crippen MR) is 95.3 cm³/mol. The Morgan fingerprint density at radius 3 is 1.70 bits per heavy atom. The van der Waals surface area contributed by atoms with Gasteiger partial charge in [0.25, 0.3) is 0 Å². The van der Waals surface area contributed by atoms with Gasteiger partial charge in [-0.2, -0.15) is 0 Å². The van der Waals surface area contributed by atoms with E-state index >= 15 is 0 Å². The molecular formula is C17H17Cl2O3P. The monoisotopic (exact) mass is 370 g/mol. The van der Waals surface area contributed by atoms with Gasteiger partial charge in [-0.1, -0.05) is 37.0 Å². The fraction of sp³-hybridized carbons (Fsp3) is 0.235. The summed E-state index contributed by atoms with van der Waals surface area (Å²) in [5, 5.41) is 1.87. The van der Waals surface area contributed by atoms with Gasteiger partial charge in [0, 0.05) is 16.5 Å². The van der Waals surface area contributed by atoms with Gasteiger partial charge in [-0.15, -0.1) is 0 Å². The molecule has 0 heterocycles. The molecule has 2 aromatic rings. The van der Waals surface area contributed by atoms with Gasteiger partial charge in [0.05, 0.1) is 10.6 Å². The Morgan fingerprint density at radius 1 is 0.957 bits per heavy atom. The summed E-state index contributed by atoms with van der Waals surface area (Å²) in [5.74, 6) is -0.375. The standard InChI is InChI=1S/C17H17Cl2O3P/c1-12(2)11-17(20)22-23(21,15-7-3-13(18)4-8-15)16-9-5-14(19)6-10-16/h3-10,12H,11H2,1-2H3. The van der Waals surface area contributed by atoms with Crippen LogP contribution in [0.2, 0.25) is 10.0 Å². The van der Waals surface area contributed by atoms with E-state index in [9.17, 15) is 9.36 Å². The van der Waals surface area contributed by atoms with E-state index in [0.29, 0.717) is 20.7 Å². The Morgan fingerprint density at radius 2 is 1.35 bits per heavy atom. The summed E-state index contributed by atoms with van der Waals surface area (Å²) < 4.78 is 18.9. The van der Waals surface area contributed by atoms with Crippen molar-refractivity contribution in [3.63, 3.8) is 0 Å². The molecule has 0 aliphatic rings. The molecular weight excluding hydrogens is 354 g/mol. The number of hydrogen-bond acceptors (Lipinski definition) is 3. The molecule has 0 saturated carbocycles. The first-order valence-corrected chi connectivity index (χ1v) is 9.54. The van der Waals surface area contributed by atoms with Crippen molar-refractivity contribution in [2.45, 2.75) is 20.3 Å². The molecule has 0 spiro atoms. The third-order valence-corrected chi connectivity index (χ3v) is 6.06. The van der Waals surface area contributed by atoms with Crippen molar-refractivity contribution in [2.75, 3.05) is 0 Å². The lowest BCUT2D eigenvalue weighted by Crippen LogP contribution is -2.21. The molecule has 122 valence electrons. The van der Waals surface area contributed by atoms with Crippen LogP contribution < -0.4 is 10.6 Å². The first kappa shape index (κ1) is 18.1. The lowest BCUT2D eigenvalue weighted by Gasteiger charge is -2.20. The van der Waals surface area contributed by atoms with Crippen molar-refractivity contribution in [1.29, 1.82) is 0 Å². The molecule has 0 radical (unpaired) electrons. The third-order valence-electron chi connectivity index (χ3n) is 3.14. The first-order chi connectivity index (χ1) is 10.8. The topological polar surface area (TPSA) is 43.4 Å². The van der Waals surface area contributed by atoms with Crippen LogP contribution in [0.15, 0.2) is 48.5 Å². The van der Waals surface area contributed by atoms with Gasteiger partial charge in [-0.25, -0.2) is 0 Å². The van der Waals surface area contributed by atoms with Crippen LogP contribution >= 0.6 is 30.6 Å². The van der Waals surface area contributed by atoms with Gasteiger partial charge >= 0.3 is 13.3 Å². The predicted octanol–water partition coefficient (Wildman–Crippen LogP) is 4.81. The third kappa shape index (κ3) is 4.60. The van der Waals surface area contributed by atoms with Crippen LogP contribution in [-0.4, -0.2) is 5.97 Å². The fourth-order valence-corrected chi connectivity index (χ4v) is 4.25. The summed E-state index contributed by atoms with van der Waals surface area (Å²) in [6.45, 7) is 3.80. The molecule has 6 heteroatoms. The van der Waals surface area contributed by atoms with Gasteiger partial charge in [-0.3, -0.25) is 9.36 Å². The number of carbonyl (C=O) groups excluding carboxylic acids is 1. The van der Waals surface area contributed by atoms with E-state index < -0.39 is 13.3 Å². The maximum Gasteiger partial charge on any atom is 0.311 e. The normalized spacial score (nSPS) is 11.5. The van der Waals surface area contributed by atoms with Crippen molar-refractivity contribution in [2.24, 2.45) is 5.92 Å². The van der Waals surface area contributed by atoms with Crippen LogP contribution in [0.1, 0.15) is 20.3 Å². The minimum Gasteiger partial charge on any atom is -0.405 e. The molecule has 0 saturated heterocycles. The van der Waals surface area contributed by atoms with Crippen LogP contribution in [-0.2, 0) is 13.9 Å². The summed E-state index contributed by atoms with van der Waals surface area (Å²) in [6.07, 6.45) is 0.200. The first-order valence-electron chi connectivity index (χ1n) is 7.16. The summed E-state index contributed by atoms with van der Waals surface area (Å²) in [4.78, 5) is 12.1. The van der Waals surface area contributed by atoms with Crippen LogP contribution in [0.3, 0.4) is 0 Å². The highest BCUT2D eigenvalue weighted by Crippen LogP contribution is 2.45. The maximum absolute atomic E-state index is 13.5. The smallest absolute Gasteiger partial charge is 0.311 e. The van der Waals surface area contributed by atoms with E-state index in [1.54, 1.807) is 48.5 Å². The van der Waals surface area contributed by atoms with Gasteiger partial charge in [0.2, 0.25) is 0 Å². The molecule has 0 amide bonds. The Kier molecular flexibility index (Phi) is 5.91. The van der Waals surface area contributed by atoms with E-state index in [1.165, 1.54) is 0 Å². The van der Waals surface area contributed by atoms with Gasteiger partial charge in [0.15, 0.2) is 0 Å². The quantitative estimate of drug-likeness (QED) is 0.709. The Hall–Kier alpha value is -1.28. The fourth-order valence-electron chi connectivity index (χ4n) is 2.04. The second-order valence-corrected chi connectivity index (χ2v) is 8.76. The van der Waals surface area contributed by atoms with Gasteiger partial charge in [0.1, 0.15) is 0 Å². The number of rotatable bonds is 5. The zero-order chi connectivity index (χ0) is 17.0. The minimum absolute atomic E-state index is 0.117. The number of benzene rings is 2. The van der Waals surface area contributed by atoms with Crippen molar-refractivity contribution >= 4 is 47.1 Å². The largest absolute Gasteiger partial charge is 0.405 e. The molecule has 0 bridgehead atoms. The molecule has 0 aliphatic heterocycles. The Bertz CT molecular complexity index is 675. The lowest BCUT2D eigenvalue weighted by molar-refractivity contribution is -0.134. The number of halogens is 2. The average Bonchev–Trinajstić information content (AvgIpc) is 2.47. The van der Waals surface area contributed by atoms with Crippen molar-refractivity contribution in [1.82, 2.24) is 0 Å². The summed E-state index contributed by atoms with van der Waals surface area (Å²) in [7, 11) is -3.54. The zero-order valence-electron chi connectivity index (χ0n) is 12.8. The summed E-state index contributed by atoms with van der Waals surface area (Å²) >= 11 is 11.8. The van der Waals surface area contributed by atoms with E-state index in [1.807, 2.05) is 13.8 Å².